The summed E-state index contributed by atoms with van der Waals surface area (Å²) in [5.41, 5.74) is 0.0734. The summed E-state index contributed by atoms with van der Waals surface area (Å²) in [4.78, 5) is 34.1. The molecule has 0 aromatic carbocycles. The van der Waals surface area contributed by atoms with Gasteiger partial charge in [0.05, 0.1) is 18.4 Å². The van der Waals surface area contributed by atoms with Gasteiger partial charge in [-0.05, 0) is 62.7 Å². The first-order valence-corrected chi connectivity index (χ1v) is 13.9. The van der Waals surface area contributed by atoms with Gasteiger partial charge in [0.25, 0.3) is 0 Å². The van der Waals surface area contributed by atoms with E-state index in [1.807, 2.05) is 11.8 Å². The van der Waals surface area contributed by atoms with Gasteiger partial charge in [-0.3, -0.25) is 9.59 Å². The molecule has 8 heteroatoms. The van der Waals surface area contributed by atoms with Gasteiger partial charge in [0.15, 0.2) is 5.13 Å². The van der Waals surface area contributed by atoms with Crippen LogP contribution in [0.5, 0.6) is 0 Å². The predicted molar refractivity (Wildman–Crippen MR) is 132 cm³/mol. The topological polar surface area (TPSA) is 103 Å². The van der Waals surface area contributed by atoms with Crippen LogP contribution in [0.1, 0.15) is 88.1 Å². The Morgan fingerprint density at radius 1 is 1.15 bits per heavy atom. The Morgan fingerprint density at radius 2 is 1.88 bits per heavy atom. The normalized spacial score (nSPS) is 35.8. The Morgan fingerprint density at radius 3 is 2.53 bits per heavy atom. The third-order valence-electron chi connectivity index (χ3n) is 9.69. The first-order valence-electron chi connectivity index (χ1n) is 13.1. The van der Waals surface area contributed by atoms with Gasteiger partial charge >= 0.3 is 0 Å². The fourth-order valence-corrected chi connectivity index (χ4v) is 8.10. The van der Waals surface area contributed by atoms with Crippen molar-refractivity contribution in [3.63, 3.8) is 0 Å². The Labute approximate surface area is 206 Å². The Hall–Kier alpha value is -1.51. The number of hydrogen-bond acceptors (Lipinski definition) is 6. The third kappa shape index (κ3) is 3.99. The monoisotopic (exact) mass is 489 g/mol. The lowest BCUT2D eigenvalue weighted by Crippen LogP contribution is -2.57. The van der Waals surface area contributed by atoms with Crippen LogP contribution >= 0.6 is 11.3 Å². The van der Waals surface area contributed by atoms with Gasteiger partial charge in [0.2, 0.25) is 11.8 Å². The van der Waals surface area contributed by atoms with E-state index in [0.717, 1.165) is 62.2 Å². The van der Waals surface area contributed by atoms with Crippen LogP contribution in [0.4, 0.5) is 5.13 Å². The lowest BCUT2D eigenvalue weighted by Gasteiger charge is -2.58. The molecule has 1 aliphatic heterocycles. The molecule has 7 nitrogen and oxygen atoms in total. The molecule has 5 rings (SSSR count). The lowest BCUT2D eigenvalue weighted by atomic mass is 9.47. The zero-order valence-electron chi connectivity index (χ0n) is 20.5. The van der Waals surface area contributed by atoms with E-state index in [4.69, 9.17) is 4.98 Å². The van der Waals surface area contributed by atoms with Crippen molar-refractivity contribution in [2.24, 2.45) is 22.7 Å². The number of rotatable bonds is 5. The fourth-order valence-electron chi connectivity index (χ4n) is 7.02. The molecule has 2 heterocycles. The van der Waals surface area contributed by atoms with E-state index < -0.39 is 11.5 Å². The maximum atomic E-state index is 13.4. The second-order valence-electron chi connectivity index (χ2n) is 11.6. The number of likely N-dealkylation sites (tertiary alicyclic amines) is 1. The molecule has 3 fully saturated rings. The molecule has 1 aromatic heterocycles. The summed E-state index contributed by atoms with van der Waals surface area (Å²) >= 11 is 1.52. The van der Waals surface area contributed by atoms with Crippen LogP contribution < -0.4 is 5.32 Å². The van der Waals surface area contributed by atoms with Gasteiger partial charge in [-0.15, -0.1) is 11.3 Å². The van der Waals surface area contributed by atoms with Crippen LogP contribution in [0.25, 0.3) is 0 Å². The standard InChI is InChI=1S/C26H39N3O4S/c1-25-10-9-20(31)26(2,15-30)19(25)14-18-22(17(25)13-21(32)29-11-4-3-5-12-29)27-24(34-18)28-23(33)16-7-6-8-16/h16-17,19-20,30-31H,3-15H2,1-2H3,(H,27,28,33). The molecule has 1 saturated heterocycles. The number of aliphatic hydroxyl groups is 2. The molecule has 0 bridgehead atoms. The van der Waals surface area contributed by atoms with E-state index in [1.54, 1.807) is 0 Å². The molecule has 3 aliphatic carbocycles. The molecule has 2 saturated carbocycles. The fraction of sp³-hybridized carbons (Fsp3) is 0.808. The maximum Gasteiger partial charge on any atom is 0.229 e. The number of carbonyl (C=O) groups is 2. The van der Waals surface area contributed by atoms with Crippen LogP contribution in [0.3, 0.4) is 0 Å². The number of aliphatic hydroxyl groups excluding tert-OH is 2. The molecule has 0 radical (unpaired) electrons. The molecule has 34 heavy (non-hydrogen) atoms. The average Bonchev–Trinajstić information content (AvgIpc) is 3.19. The number of hydrogen-bond donors (Lipinski definition) is 3. The van der Waals surface area contributed by atoms with Crippen molar-refractivity contribution in [3.05, 3.63) is 10.6 Å². The summed E-state index contributed by atoms with van der Waals surface area (Å²) in [6.45, 7) is 5.80. The molecule has 1 aromatic rings. The zero-order valence-corrected chi connectivity index (χ0v) is 21.3. The number of nitrogens with one attached hydrogen (secondary N) is 1. The van der Waals surface area contributed by atoms with Crippen molar-refractivity contribution >= 4 is 28.3 Å². The van der Waals surface area contributed by atoms with Crippen LogP contribution in [-0.2, 0) is 16.0 Å². The van der Waals surface area contributed by atoms with Crippen molar-refractivity contribution in [2.45, 2.75) is 90.1 Å². The smallest absolute Gasteiger partial charge is 0.229 e. The van der Waals surface area contributed by atoms with Crippen molar-refractivity contribution in [3.8, 4) is 0 Å². The molecule has 4 aliphatic rings. The largest absolute Gasteiger partial charge is 0.396 e. The summed E-state index contributed by atoms with van der Waals surface area (Å²) in [5.74, 6) is 0.279. The highest BCUT2D eigenvalue weighted by Crippen LogP contribution is 2.63. The Kier molecular flexibility index (Phi) is 6.53. The van der Waals surface area contributed by atoms with Crippen molar-refractivity contribution < 1.29 is 19.8 Å². The minimum Gasteiger partial charge on any atom is -0.396 e. The van der Waals surface area contributed by atoms with E-state index in [1.165, 1.54) is 17.8 Å². The van der Waals surface area contributed by atoms with E-state index in [0.29, 0.717) is 24.4 Å². The van der Waals surface area contributed by atoms with Gasteiger partial charge in [0, 0.05) is 41.6 Å². The van der Waals surface area contributed by atoms with Crippen LogP contribution in [0.15, 0.2) is 0 Å². The number of piperidine rings is 1. The number of aromatic nitrogens is 1. The van der Waals surface area contributed by atoms with E-state index in [-0.39, 0.29) is 41.6 Å². The lowest BCUT2D eigenvalue weighted by molar-refractivity contribution is -0.147. The second-order valence-corrected chi connectivity index (χ2v) is 12.7. The van der Waals surface area contributed by atoms with Crippen LogP contribution in [-0.4, -0.2) is 57.7 Å². The molecular weight excluding hydrogens is 450 g/mol. The summed E-state index contributed by atoms with van der Waals surface area (Å²) in [7, 11) is 0. The summed E-state index contributed by atoms with van der Waals surface area (Å²) < 4.78 is 0. The molecule has 5 atom stereocenters. The SMILES string of the molecule is CC1(CO)C(O)CCC2(C)C(CC(=O)N3CCCCC3)c3nc(NC(=O)C4CCC4)sc3CC12. The highest BCUT2D eigenvalue weighted by Gasteiger charge is 2.59. The van der Waals surface area contributed by atoms with Gasteiger partial charge in [-0.2, -0.15) is 0 Å². The first-order chi connectivity index (χ1) is 16.3. The van der Waals surface area contributed by atoms with Gasteiger partial charge in [0.1, 0.15) is 0 Å². The van der Waals surface area contributed by atoms with E-state index in [9.17, 15) is 19.8 Å². The second kappa shape index (κ2) is 9.17. The zero-order chi connectivity index (χ0) is 24.1. The number of anilines is 1. The molecule has 2 amide bonds. The Bertz CT molecular complexity index is 940. The molecule has 0 spiro atoms. The average molecular weight is 490 g/mol. The summed E-state index contributed by atoms with van der Waals surface area (Å²) in [5, 5.41) is 25.0. The minimum atomic E-state index is -0.629. The van der Waals surface area contributed by atoms with E-state index >= 15 is 0 Å². The molecule has 3 N–H and O–H groups in total. The third-order valence-corrected chi connectivity index (χ3v) is 10.7. The van der Waals surface area contributed by atoms with Gasteiger partial charge in [-0.1, -0.05) is 20.3 Å². The maximum absolute atomic E-state index is 13.4. The number of fused-ring (bicyclic) bond motifs is 2. The van der Waals surface area contributed by atoms with Crippen molar-refractivity contribution in [2.75, 3.05) is 25.0 Å². The van der Waals surface area contributed by atoms with Crippen molar-refractivity contribution in [1.82, 2.24) is 9.88 Å². The highest BCUT2D eigenvalue weighted by molar-refractivity contribution is 7.15. The summed E-state index contributed by atoms with van der Waals surface area (Å²) in [6.07, 6.45) is 8.25. The first kappa shape index (κ1) is 24.2. The molecule has 188 valence electrons. The number of nitrogens with zero attached hydrogens (tertiary/aromatic N) is 2. The van der Waals surface area contributed by atoms with E-state index in [2.05, 4.69) is 12.2 Å². The number of amides is 2. The van der Waals surface area contributed by atoms with Crippen LogP contribution in [0, 0.1) is 22.7 Å². The summed E-state index contributed by atoms with van der Waals surface area (Å²) in [6, 6.07) is 0. The molecule has 5 unspecified atom stereocenters. The number of carbonyl (C=O) groups excluding carboxylic acids is 2. The van der Waals surface area contributed by atoms with Gasteiger partial charge < -0.3 is 20.4 Å². The Balaban J connectivity index is 1.49. The van der Waals surface area contributed by atoms with Crippen molar-refractivity contribution in [1.29, 1.82) is 0 Å². The quantitative estimate of drug-likeness (QED) is 0.585. The minimum absolute atomic E-state index is 0.0380. The highest BCUT2D eigenvalue weighted by atomic mass is 32.1. The van der Waals surface area contributed by atoms with Crippen LogP contribution in [0.2, 0.25) is 0 Å². The van der Waals surface area contributed by atoms with Gasteiger partial charge in [-0.25, -0.2) is 4.98 Å². The number of thiazole rings is 1. The molecular formula is C26H39N3O4S. The predicted octanol–water partition coefficient (Wildman–Crippen LogP) is 3.70.